The summed E-state index contributed by atoms with van der Waals surface area (Å²) in [5, 5.41) is 12.3. The van der Waals surface area contributed by atoms with E-state index >= 15 is 0 Å². The number of rotatable bonds is 7. The van der Waals surface area contributed by atoms with Gasteiger partial charge in [-0.15, -0.1) is 0 Å². The van der Waals surface area contributed by atoms with Crippen molar-refractivity contribution in [2.45, 2.75) is 20.3 Å². The molecule has 114 valence electrons. The molecule has 1 amide bonds. The second kappa shape index (κ2) is 8.47. The second-order valence-corrected chi connectivity index (χ2v) is 5.73. The first kappa shape index (κ1) is 17.2. The van der Waals surface area contributed by atoms with Gasteiger partial charge in [0.05, 0.1) is 5.92 Å². The largest absolute Gasteiger partial charge is 0.481 e. The number of hydrogen-bond acceptors (Lipinski definition) is 2. The summed E-state index contributed by atoms with van der Waals surface area (Å²) >= 11 is 5.77. The van der Waals surface area contributed by atoms with Crippen molar-refractivity contribution in [2.75, 3.05) is 6.54 Å². The third kappa shape index (κ3) is 6.95. The highest BCUT2D eigenvalue weighted by Gasteiger charge is 2.19. The van der Waals surface area contributed by atoms with Gasteiger partial charge >= 0.3 is 5.97 Å². The van der Waals surface area contributed by atoms with E-state index in [9.17, 15) is 9.59 Å². The maximum Gasteiger partial charge on any atom is 0.308 e. The van der Waals surface area contributed by atoms with Crippen molar-refractivity contribution < 1.29 is 14.7 Å². The van der Waals surface area contributed by atoms with Crippen molar-refractivity contribution in [2.24, 2.45) is 11.8 Å². The average Bonchev–Trinajstić information content (AvgIpc) is 2.42. The van der Waals surface area contributed by atoms with E-state index in [1.807, 2.05) is 13.8 Å². The van der Waals surface area contributed by atoms with Gasteiger partial charge in [0.25, 0.3) is 0 Å². The summed E-state index contributed by atoms with van der Waals surface area (Å²) in [4.78, 5) is 22.8. The molecule has 2 N–H and O–H groups in total. The summed E-state index contributed by atoms with van der Waals surface area (Å²) in [6, 6.07) is 7.07. The standard InChI is InChI=1S/C16H20ClNO3/c1-11(2)9-13(16(20)21)10-18-15(19)8-5-12-3-6-14(17)7-4-12/h3-8,11,13H,9-10H2,1-2H3,(H,18,19)(H,20,21)/b8-5+. The predicted molar refractivity (Wildman–Crippen MR) is 84.1 cm³/mol. The minimum atomic E-state index is -0.884. The summed E-state index contributed by atoms with van der Waals surface area (Å²) < 4.78 is 0. The second-order valence-electron chi connectivity index (χ2n) is 5.29. The Morgan fingerprint density at radius 1 is 1.29 bits per heavy atom. The molecular weight excluding hydrogens is 290 g/mol. The summed E-state index contributed by atoms with van der Waals surface area (Å²) in [5.41, 5.74) is 0.853. The maximum atomic E-state index is 11.7. The van der Waals surface area contributed by atoms with Crippen LogP contribution >= 0.6 is 11.6 Å². The summed E-state index contributed by atoms with van der Waals surface area (Å²) in [5.74, 6) is -1.48. The first-order valence-corrected chi connectivity index (χ1v) is 7.20. The maximum absolute atomic E-state index is 11.7. The van der Waals surface area contributed by atoms with E-state index in [-0.39, 0.29) is 18.4 Å². The monoisotopic (exact) mass is 309 g/mol. The summed E-state index contributed by atoms with van der Waals surface area (Å²) in [6.45, 7) is 4.05. The molecule has 1 unspecified atom stereocenters. The Balaban J connectivity index is 2.49. The van der Waals surface area contributed by atoms with Crippen LogP contribution in [0.5, 0.6) is 0 Å². The molecule has 0 saturated carbocycles. The quantitative estimate of drug-likeness (QED) is 0.760. The molecule has 5 heteroatoms. The van der Waals surface area contributed by atoms with Gasteiger partial charge in [-0.05, 0) is 36.1 Å². The fraction of sp³-hybridized carbons (Fsp3) is 0.375. The molecule has 1 aromatic rings. The topological polar surface area (TPSA) is 66.4 Å². The molecule has 0 saturated heterocycles. The number of amides is 1. The molecular formula is C16H20ClNO3. The van der Waals surface area contributed by atoms with Crippen LogP contribution in [0, 0.1) is 11.8 Å². The van der Waals surface area contributed by atoms with Crippen LogP contribution in [-0.2, 0) is 9.59 Å². The molecule has 0 heterocycles. The number of hydrogen-bond donors (Lipinski definition) is 2. The Hall–Kier alpha value is -1.81. The van der Waals surface area contributed by atoms with Crippen LogP contribution in [-0.4, -0.2) is 23.5 Å². The highest BCUT2D eigenvalue weighted by atomic mass is 35.5. The molecule has 0 bridgehead atoms. The predicted octanol–water partition coefficient (Wildman–Crippen LogP) is 3.22. The first-order chi connectivity index (χ1) is 9.88. The van der Waals surface area contributed by atoms with Crippen LogP contribution in [0.1, 0.15) is 25.8 Å². The zero-order valence-electron chi connectivity index (χ0n) is 12.2. The van der Waals surface area contributed by atoms with Gasteiger partial charge in [0, 0.05) is 17.6 Å². The van der Waals surface area contributed by atoms with Crippen molar-refractivity contribution in [1.29, 1.82) is 0 Å². The molecule has 0 fully saturated rings. The third-order valence-electron chi connectivity index (χ3n) is 2.93. The van der Waals surface area contributed by atoms with Crippen LogP contribution in [0.15, 0.2) is 30.3 Å². The lowest BCUT2D eigenvalue weighted by atomic mass is 9.97. The normalized spacial score (nSPS) is 12.6. The molecule has 0 aliphatic rings. The lowest BCUT2D eigenvalue weighted by Gasteiger charge is -2.14. The first-order valence-electron chi connectivity index (χ1n) is 6.82. The summed E-state index contributed by atoms with van der Waals surface area (Å²) in [6.07, 6.45) is 3.58. The Morgan fingerprint density at radius 2 is 1.90 bits per heavy atom. The van der Waals surface area contributed by atoms with Crippen LogP contribution in [0.25, 0.3) is 6.08 Å². The van der Waals surface area contributed by atoms with Gasteiger partial charge in [-0.25, -0.2) is 0 Å². The molecule has 0 aliphatic carbocycles. The highest BCUT2D eigenvalue weighted by molar-refractivity contribution is 6.30. The number of halogens is 1. The van der Waals surface area contributed by atoms with Crippen molar-refractivity contribution in [3.05, 3.63) is 40.9 Å². The number of carbonyl (C=O) groups is 2. The number of benzene rings is 1. The average molecular weight is 310 g/mol. The number of carboxylic acid groups (broad SMARTS) is 1. The summed E-state index contributed by atoms with van der Waals surface area (Å²) in [7, 11) is 0. The molecule has 0 radical (unpaired) electrons. The smallest absolute Gasteiger partial charge is 0.308 e. The Bertz CT molecular complexity index is 509. The number of carboxylic acids is 1. The zero-order chi connectivity index (χ0) is 15.8. The van der Waals surface area contributed by atoms with Crippen molar-refractivity contribution in [3.63, 3.8) is 0 Å². The molecule has 4 nitrogen and oxygen atoms in total. The van der Waals surface area contributed by atoms with E-state index < -0.39 is 11.9 Å². The Morgan fingerprint density at radius 3 is 2.43 bits per heavy atom. The van der Waals surface area contributed by atoms with Crippen LogP contribution in [0.4, 0.5) is 0 Å². The van der Waals surface area contributed by atoms with E-state index in [0.29, 0.717) is 11.4 Å². The fourth-order valence-electron chi connectivity index (χ4n) is 1.87. The van der Waals surface area contributed by atoms with Crippen molar-refractivity contribution in [1.82, 2.24) is 5.32 Å². The van der Waals surface area contributed by atoms with Crippen LogP contribution < -0.4 is 5.32 Å². The fourth-order valence-corrected chi connectivity index (χ4v) is 2.00. The molecule has 1 atom stereocenters. The molecule has 1 rings (SSSR count). The third-order valence-corrected chi connectivity index (χ3v) is 3.18. The van der Waals surface area contributed by atoms with Gasteiger partial charge in [0.15, 0.2) is 0 Å². The number of aliphatic carboxylic acids is 1. The number of nitrogens with one attached hydrogen (secondary N) is 1. The van der Waals surface area contributed by atoms with Gasteiger partial charge in [0.1, 0.15) is 0 Å². The molecule has 0 spiro atoms. The SMILES string of the molecule is CC(C)CC(CNC(=O)/C=C/c1ccc(Cl)cc1)C(=O)O. The van der Waals surface area contributed by atoms with Crippen molar-refractivity contribution in [3.8, 4) is 0 Å². The van der Waals surface area contributed by atoms with Crippen LogP contribution in [0.2, 0.25) is 5.02 Å². The van der Waals surface area contributed by atoms with Crippen molar-refractivity contribution >= 4 is 29.6 Å². The highest BCUT2D eigenvalue weighted by Crippen LogP contribution is 2.12. The van der Waals surface area contributed by atoms with Gasteiger partial charge in [-0.3, -0.25) is 9.59 Å². The van der Waals surface area contributed by atoms with Gasteiger partial charge in [0.2, 0.25) is 5.91 Å². The minimum absolute atomic E-state index is 0.136. The molecule has 0 aromatic heterocycles. The van der Waals surface area contributed by atoms with E-state index in [1.165, 1.54) is 6.08 Å². The van der Waals surface area contributed by atoms with E-state index in [4.69, 9.17) is 16.7 Å². The zero-order valence-corrected chi connectivity index (χ0v) is 12.9. The van der Waals surface area contributed by atoms with E-state index in [2.05, 4.69) is 5.32 Å². The van der Waals surface area contributed by atoms with E-state index in [1.54, 1.807) is 30.3 Å². The van der Waals surface area contributed by atoms with Gasteiger partial charge < -0.3 is 10.4 Å². The number of carbonyl (C=O) groups excluding carboxylic acids is 1. The van der Waals surface area contributed by atoms with Gasteiger partial charge in [-0.2, -0.15) is 0 Å². The Labute approximate surface area is 129 Å². The Kier molecular flexibility index (Phi) is 6.96. The van der Waals surface area contributed by atoms with E-state index in [0.717, 1.165) is 5.56 Å². The molecule has 1 aromatic carbocycles. The lowest BCUT2D eigenvalue weighted by molar-refractivity contribution is -0.142. The van der Waals surface area contributed by atoms with Gasteiger partial charge in [-0.1, -0.05) is 37.6 Å². The van der Waals surface area contributed by atoms with Crippen LogP contribution in [0.3, 0.4) is 0 Å². The lowest BCUT2D eigenvalue weighted by Crippen LogP contribution is -2.32. The molecule has 21 heavy (non-hydrogen) atoms. The molecule has 0 aliphatic heterocycles. The minimum Gasteiger partial charge on any atom is -0.481 e.